The number of amides is 3. The summed E-state index contributed by atoms with van der Waals surface area (Å²) >= 11 is 12.1. The summed E-state index contributed by atoms with van der Waals surface area (Å²) in [5.41, 5.74) is -0.621. The third-order valence-electron chi connectivity index (χ3n) is 6.83. The molecule has 8 heteroatoms. The van der Waals surface area contributed by atoms with Crippen LogP contribution in [0.2, 0.25) is 10.0 Å². The maximum Gasteiger partial charge on any atom is 0.325 e. The molecule has 0 radical (unpaired) electrons. The van der Waals surface area contributed by atoms with Crippen molar-refractivity contribution in [2.24, 2.45) is 11.3 Å². The Bertz CT molecular complexity index is 786. The molecule has 1 aliphatic heterocycles. The summed E-state index contributed by atoms with van der Waals surface area (Å²) in [5.74, 6) is 0.548. The fourth-order valence-electron chi connectivity index (χ4n) is 4.43. The first-order valence-electron chi connectivity index (χ1n) is 10.5. The van der Waals surface area contributed by atoms with Gasteiger partial charge in [-0.1, -0.05) is 56.5 Å². The Morgan fingerprint density at radius 1 is 1.27 bits per heavy atom. The molecule has 2 fully saturated rings. The minimum atomic E-state index is -1.06. The van der Waals surface area contributed by atoms with E-state index in [0.29, 0.717) is 28.8 Å². The van der Waals surface area contributed by atoms with Crippen molar-refractivity contribution < 1.29 is 19.4 Å². The second-order valence-electron chi connectivity index (χ2n) is 9.06. The van der Waals surface area contributed by atoms with Crippen LogP contribution in [0, 0.1) is 11.3 Å². The number of ether oxygens (including phenoxy) is 1. The standard InChI is InChI=1S/C22H30Cl2N2O4/c1-4-21(2,3)14-8-10-22(11-9-14)19(28)26(20(29)25-22)12-15(27)13-30-18-16(23)6-5-7-17(18)24/h5-7,14-15,27H,4,8-13H2,1-3H3,(H,25,29). The first-order valence-corrected chi connectivity index (χ1v) is 11.2. The number of carbonyl (C=O) groups excluding carboxylic acids is 2. The van der Waals surface area contributed by atoms with Gasteiger partial charge in [-0.15, -0.1) is 0 Å². The number of β-amino-alcohol motifs (C(OH)–C–C–N with tert-alkyl or cyclic N) is 1. The Morgan fingerprint density at radius 3 is 2.43 bits per heavy atom. The first-order chi connectivity index (χ1) is 14.1. The lowest BCUT2D eigenvalue weighted by Gasteiger charge is -2.42. The van der Waals surface area contributed by atoms with Crippen molar-refractivity contribution >= 4 is 35.1 Å². The molecule has 0 bridgehead atoms. The average molecular weight is 457 g/mol. The molecule has 2 aliphatic rings. The van der Waals surface area contributed by atoms with Gasteiger partial charge >= 0.3 is 6.03 Å². The zero-order valence-corrected chi connectivity index (χ0v) is 19.2. The average Bonchev–Trinajstić information content (AvgIpc) is 2.92. The fourth-order valence-corrected chi connectivity index (χ4v) is 4.93. The SMILES string of the molecule is CCC(C)(C)C1CCC2(CC1)NC(=O)N(CC(O)COc1c(Cl)cccc1Cl)C2=O. The van der Waals surface area contributed by atoms with Gasteiger partial charge in [0.1, 0.15) is 18.2 Å². The number of nitrogens with zero attached hydrogens (tertiary/aromatic N) is 1. The van der Waals surface area contributed by atoms with E-state index < -0.39 is 17.7 Å². The number of nitrogens with one attached hydrogen (secondary N) is 1. The number of hydrogen-bond donors (Lipinski definition) is 2. The van der Waals surface area contributed by atoms with E-state index in [4.69, 9.17) is 27.9 Å². The van der Waals surface area contributed by atoms with E-state index in [-0.39, 0.29) is 30.2 Å². The van der Waals surface area contributed by atoms with E-state index in [0.717, 1.165) is 24.2 Å². The molecule has 3 amide bonds. The number of para-hydroxylation sites is 1. The molecular weight excluding hydrogens is 427 g/mol. The van der Waals surface area contributed by atoms with Crippen LogP contribution in [0.3, 0.4) is 0 Å². The molecule has 0 aromatic heterocycles. The molecule has 30 heavy (non-hydrogen) atoms. The fraction of sp³-hybridized carbons (Fsp3) is 0.636. The summed E-state index contributed by atoms with van der Waals surface area (Å²) in [4.78, 5) is 26.7. The van der Waals surface area contributed by atoms with Gasteiger partial charge in [-0.05, 0) is 49.1 Å². The number of halogens is 2. The van der Waals surface area contributed by atoms with Crippen molar-refractivity contribution in [1.29, 1.82) is 0 Å². The minimum Gasteiger partial charge on any atom is -0.488 e. The van der Waals surface area contributed by atoms with E-state index in [9.17, 15) is 14.7 Å². The Balaban J connectivity index is 1.59. The maximum atomic E-state index is 13.1. The summed E-state index contributed by atoms with van der Waals surface area (Å²) in [5, 5.41) is 13.9. The first kappa shape index (κ1) is 23.2. The topological polar surface area (TPSA) is 78.9 Å². The lowest BCUT2D eigenvalue weighted by Crippen LogP contribution is -2.51. The van der Waals surface area contributed by atoms with Crippen LogP contribution in [0.4, 0.5) is 4.79 Å². The number of hydrogen-bond acceptors (Lipinski definition) is 4. The molecule has 1 unspecified atom stereocenters. The highest BCUT2D eigenvalue weighted by Gasteiger charge is 2.53. The van der Waals surface area contributed by atoms with Crippen molar-refractivity contribution in [1.82, 2.24) is 10.2 Å². The summed E-state index contributed by atoms with van der Waals surface area (Å²) in [7, 11) is 0. The van der Waals surface area contributed by atoms with Crippen LogP contribution < -0.4 is 10.1 Å². The number of rotatable bonds is 7. The largest absolute Gasteiger partial charge is 0.488 e. The van der Waals surface area contributed by atoms with Crippen molar-refractivity contribution in [2.45, 2.75) is 64.5 Å². The van der Waals surface area contributed by atoms with Crippen LogP contribution in [0.1, 0.15) is 52.9 Å². The van der Waals surface area contributed by atoms with Gasteiger partial charge in [0.05, 0.1) is 16.6 Å². The van der Waals surface area contributed by atoms with Crippen molar-refractivity contribution in [3.05, 3.63) is 28.2 Å². The lowest BCUT2D eigenvalue weighted by atomic mass is 9.65. The van der Waals surface area contributed by atoms with E-state index in [1.165, 1.54) is 0 Å². The predicted octanol–water partition coefficient (Wildman–Crippen LogP) is 4.65. The predicted molar refractivity (Wildman–Crippen MR) is 117 cm³/mol. The van der Waals surface area contributed by atoms with E-state index in [1.807, 2.05) is 0 Å². The third-order valence-corrected chi connectivity index (χ3v) is 7.43. The molecule has 1 saturated carbocycles. The van der Waals surface area contributed by atoms with Crippen LogP contribution in [0.15, 0.2) is 18.2 Å². The van der Waals surface area contributed by atoms with Gasteiger partial charge in [-0.3, -0.25) is 9.69 Å². The number of aliphatic hydroxyl groups excluding tert-OH is 1. The highest BCUT2D eigenvalue weighted by atomic mass is 35.5. The molecule has 2 N–H and O–H groups in total. The van der Waals surface area contributed by atoms with Crippen molar-refractivity contribution in [3.8, 4) is 5.75 Å². The summed E-state index contributed by atoms with van der Waals surface area (Å²) < 4.78 is 5.53. The van der Waals surface area contributed by atoms with Gasteiger partial charge in [0.15, 0.2) is 5.75 Å². The molecular formula is C22H30Cl2N2O4. The number of aliphatic hydroxyl groups is 1. The van der Waals surface area contributed by atoms with Crippen LogP contribution >= 0.6 is 23.2 Å². The quantitative estimate of drug-likeness (QED) is 0.585. The van der Waals surface area contributed by atoms with Crippen LogP contribution in [-0.2, 0) is 4.79 Å². The number of carbonyl (C=O) groups is 2. The Kier molecular flexibility index (Phi) is 6.90. The van der Waals surface area contributed by atoms with Gasteiger partial charge < -0.3 is 15.2 Å². The summed E-state index contributed by atoms with van der Waals surface area (Å²) in [6.45, 7) is 6.43. The van der Waals surface area contributed by atoms with Gasteiger partial charge in [0.2, 0.25) is 0 Å². The van der Waals surface area contributed by atoms with E-state index in [1.54, 1.807) is 18.2 Å². The molecule has 1 aromatic rings. The van der Waals surface area contributed by atoms with Gasteiger partial charge in [0, 0.05) is 0 Å². The minimum absolute atomic E-state index is 0.139. The van der Waals surface area contributed by atoms with Gasteiger partial charge in [-0.25, -0.2) is 4.79 Å². The Morgan fingerprint density at radius 2 is 1.87 bits per heavy atom. The second kappa shape index (κ2) is 8.93. The van der Waals surface area contributed by atoms with Crippen molar-refractivity contribution in [2.75, 3.05) is 13.2 Å². The maximum absolute atomic E-state index is 13.1. The normalized spacial score (nSPS) is 25.5. The molecule has 1 heterocycles. The third kappa shape index (κ3) is 4.56. The molecule has 1 aliphatic carbocycles. The van der Waals surface area contributed by atoms with Crippen LogP contribution in [0.5, 0.6) is 5.75 Å². The number of benzene rings is 1. The van der Waals surface area contributed by atoms with E-state index >= 15 is 0 Å². The highest BCUT2D eigenvalue weighted by molar-refractivity contribution is 6.37. The van der Waals surface area contributed by atoms with Crippen molar-refractivity contribution in [3.63, 3.8) is 0 Å². The van der Waals surface area contributed by atoms with E-state index in [2.05, 4.69) is 26.1 Å². The van der Waals surface area contributed by atoms with Crippen LogP contribution in [-0.4, -0.2) is 46.7 Å². The number of urea groups is 1. The summed E-state index contributed by atoms with van der Waals surface area (Å²) in [6.07, 6.45) is 3.08. The molecule has 1 atom stereocenters. The lowest BCUT2D eigenvalue weighted by molar-refractivity contribution is -0.134. The Hall–Kier alpha value is -1.50. The molecule has 1 aromatic carbocycles. The smallest absolute Gasteiger partial charge is 0.325 e. The highest BCUT2D eigenvalue weighted by Crippen LogP contribution is 2.45. The summed E-state index contributed by atoms with van der Waals surface area (Å²) in [6, 6.07) is 4.50. The monoisotopic (exact) mass is 456 g/mol. The molecule has 1 saturated heterocycles. The molecule has 6 nitrogen and oxygen atoms in total. The van der Waals surface area contributed by atoms with Gasteiger partial charge in [0.25, 0.3) is 5.91 Å². The zero-order valence-electron chi connectivity index (χ0n) is 17.7. The number of imide groups is 1. The zero-order chi connectivity index (χ0) is 22.1. The Labute approximate surface area is 187 Å². The molecule has 3 rings (SSSR count). The molecule has 166 valence electrons. The van der Waals surface area contributed by atoms with Crippen LogP contribution in [0.25, 0.3) is 0 Å². The second-order valence-corrected chi connectivity index (χ2v) is 9.87. The molecule has 1 spiro atoms. The van der Waals surface area contributed by atoms with Gasteiger partial charge in [-0.2, -0.15) is 0 Å².